The molecule has 0 aliphatic heterocycles. The second-order valence-corrected chi connectivity index (χ2v) is 4.64. The summed E-state index contributed by atoms with van der Waals surface area (Å²) < 4.78 is 36.9. The Hall–Kier alpha value is -0.550. The van der Waals surface area contributed by atoms with Crippen molar-refractivity contribution in [3.8, 4) is 0 Å². The lowest BCUT2D eigenvalue weighted by Gasteiger charge is -2.15. The molecule has 0 heterocycles. The van der Waals surface area contributed by atoms with Crippen LogP contribution < -0.4 is 5.73 Å². The summed E-state index contributed by atoms with van der Waals surface area (Å²) in [7, 11) is 0. The number of rotatable bonds is 3. The molecule has 16 heavy (non-hydrogen) atoms. The first-order valence-corrected chi connectivity index (χ1v) is 5.67. The maximum absolute atomic E-state index is 12.0. The van der Waals surface area contributed by atoms with Crippen molar-refractivity contribution in [2.45, 2.75) is 32.0 Å². The summed E-state index contributed by atoms with van der Waals surface area (Å²) in [5.41, 5.74) is 7.48. The van der Waals surface area contributed by atoms with Gasteiger partial charge in [0.05, 0.1) is 0 Å². The quantitative estimate of drug-likeness (QED) is 0.893. The Morgan fingerprint density at radius 3 is 2.50 bits per heavy atom. The van der Waals surface area contributed by atoms with E-state index in [1.165, 1.54) is 0 Å². The predicted octanol–water partition coefficient (Wildman–Crippen LogP) is 4.10. The summed E-state index contributed by atoms with van der Waals surface area (Å²) in [5, 5.41) is 0. The summed E-state index contributed by atoms with van der Waals surface area (Å²) in [5.74, 6) is 0. The van der Waals surface area contributed by atoms with Gasteiger partial charge < -0.3 is 5.73 Å². The highest BCUT2D eigenvalue weighted by Crippen LogP contribution is 2.30. The lowest BCUT2D eigenvalue weighted by atomic mass is 10.0. The van der Waals surface area contributed by atoms with Gasteiger partial charge in [-0.05, 0) is 30.5 Å². The second kappa shape index (κ2) is 5.19. The van der Waals surface area contributed by atoms with Crippen LogP contribution in [0.2, 0.25) is 0 Å². The van der Waals surface area contributed by atoms with E-state index in [0.717, 1.165) is 15.6 Å². The van der Waals surface area contributed by atoms with Gasteiger partial charge in [0, 0.05) is 16.9 Å². The molecule has 1 aromatic carbocycles. The molecule has 5 heteroatoms. The zero-order valence-corrected chi connectivity index (χ0v) is 10.4. The summed E-state index contributed by atoms with van der Waals surface area (Å²) in [4.78, 5) is 0. The monoisotopic (exact) mass is 295 g/mol. The average molecular weight is 296 g/mol. The Labute approximate surface area is 101 Å². The third kappa shape index (κ3) is 4.14. The van der Waals surface area contributed by atoms with E-state index < -0.39 is 18.6 Å². The molecule has 0 radical (unpaired) electrons. The fraction of sp³-hybridized carbons (Fsp3) is 0.455. The van der Waals surface area contributed by atoms with Gasteiger partial charge in [0.2, 0.25) is 0 Å². The number of nitrogens with two attached hydrogens (primary N) is 1. The first-order valence-electron chi connectivity index (χ1n) is 4.88. The Morgan fingerprint density at radius 1 is 1.38 bits per heavy atom. The van der Waals surface area contributed by atoms with Crippen LogP contribution in [-0.4, -0.2) is 6.18 Å². The molecular formula is C11H13BrF3N. The molecule has 0 bridgehead atoms. The first-order chi connectivity index (χ1) is 7.29. The molecule has 0 aromatic heterocycles. The second-order valence-electron chi connectivity index (χ2n) is 3.79. The van der Waals surface area contributed by atoms with Crippen molar-refractivity contribution in [2.75, 3.05) is 0 Å². The Bertz CT molecular complexity index is 363. The largest absolute Gasteiger partial charge is 0.389 e. The fourth-order valence-corrected chi connectivity index (χ4v) is 2.19. The van der Waals surface area contributed by atoms with Crippen LogP contribution in [0.15, 0.2) is 22.7 Å². The van der Waals surface area contributed by atoms with E-state index in [1.807, 2.05) is 19.1 Å². The van der Waals surface area contributed by atoms with Crippen molar-refractivity contribution < 1.29 is 13.2 Å². The van der Waals surface area contributed by atoms with E-state index >= 15 is 0 Å². The molecule has 0 saturated heterocycles. The lowest BCUT2D eigenvalue weighted by Crippen LogP contribution is -2.16. The number of alkyl halides is 3. The Balaban J connectivity index is 2.70. The van der Waals surface area contributed by atoms with Crippen molar-refractivity contribution in [3.05, 3.63) is 33.8 Å². The van der Waals surface area contributed by atoms with E-state index in [0.29, 0.717) is 0 Å². The molecule has 1 unspecified atom stereocenters. The van der Waals surface area contributed by atoms with Crippen LogP contribution >= 0.6 is 15.9 Å². The minimum atomic E-state index is -4.14. The third-order valence-corrected chi connectivity index (χ3v) is 2.98. The van der Waals surface area contributed by atoms with Crippen LogP contribution in [0, 0.1) is 6.92 Å². The Morgan fingerprint density at radius 2 is 2.00 bits per heavy atom. The number of benzene rings is 1. The molecule has 1 atom stereocenters. The molecule has 0 fully saturated rings. The number of halogens is 4. The van der Waals surface area contributed by atoms with E-state index in [-0.39, 0.29) is 6.42 Å². The fourth-order valence-electron chi connectivity index (χ4n) is 1.41. The molecule has 0 saturated carbocycles. The van der Waals surface area contributed by atoms with Crippen LogP contribution in [0.4, 0.5) is 13.2 Å². The topological polar surface area (TPSA) is 26.0 Å². The molecule has 90 valence electrons. The standard InChI is InChI=1S/C11H13BrF3N/c1-7-2-3-8(9(12)6-7)10(16)4-5-11(13,14)15/h2-3,6,10H,4-5,16H2,1H3. The molecule has 0 aliphatic rings. The van der Waals surface area contributed by atoms with Crippen molar-refractivity contribution in [3.63, 3.8) is 0 Å². The van der Waals surface area contributed by atoms with E-state index in [4.69, 9.17) is 5.73 Å². The Kier molecular flexibility index (Phi) is 4.38. The highest BCUT2D eigenvalue weighted by Gasteiger charge is 2.28. The summed E-state index contributed by atoms with van der Waals surface area (Å²) in [6.07, 6.45) is -5.09. The van der Waals surface area contributed by atoms with E-state index in [2.05, 4.69) is 15.9 Å². The maximum atomic E-state index is 12.0. The van der Waals surface area contributed by atoms with Crippen molar-refractivity contribution in [1.29, 1.82) is 0 Å². The van der Waals surface area contributed by atoms with Crippen LogP contribution in [-0.2, 0) is 0 Å². The number of aryl methyl sites for hydroxylation is 1. The molecule has 1 aromatic rings. The van der Waals surface area contributed by atoms with E-state index in [1.54, 1.807) is 6.07 Å². The van der Waals surface area contributed by atoms with Gasteiger partial charge in [-0.15, -0.1) is 0 Å². The molecular weight excluding hydrogens is 283 g/mol. The van der Waals surface area contributed by atoms with Crippen LogP contribution in [0.25, 0.3) is 0 Å². The summed E-state index contributed by atoms with van der Waals surface area (Å²) in [6, 6.07) is 4.87. The SMILES string of the molecule is Cc1ccc(C(N)CCC(F)(F)F)c(Br)c1. The van der Waals surface area contributed by atoms with Crippen LogP contribution in [0.5, 0.6) is 0 Å². The normalized spacial score (nSPS) is 13.9. The lowest BCUT2D eigenvalue weighted by molar-refractivity contribution is -0.136. The van der Waals surface area contributed by atoms with Crippen LogP contribution in [0.3, 0.4) is 0 Å². The van der Waals surface area contributed by atoms with Gasteiger partial charge in [0.1, 0.15) is 0 Å². The first kappa shape index (κ1) is 13.5. The summed E-state index contributed by atoms with van der Waals surface area (Å²) in [6.45, 7) is 1.91. The smallest absolute Gasteiger partial charge is 0.324 e. The van der Waals surface area contributed by atoms with Crippen molar-refractivity contribution in [2.24, 2.45) is 5.73 Å². The van der Waals surface area contributed by atoms with Gasteiger partial charge in [0.25, 0.3) is 0 Å². The molecule has 0 amide bonds. The molecule has 1 nitrogen and oxygen atoms in total. The third-order valence-electron chi connectivity index (χ3n) is 2.29. The minimum absolute atomic E-state index is 0.0921. The molecule has 0 aliphatic carbocycles. The van der Waals surface area contributed by atoms with Gasteiger partial charge in [-0.25, -0.2) is 0 Å². The highest BCUT2D eigenvalue weighted by molar-refractivity contribution is 9.10. The average Bonchev–Trinajstić information content (AvgIpc) is 2.13. The zero-order chi connectivity index (χ0) is 12.3. The molecule has 1 rings (SSSR count). The molecule has 2 N–H and O–H groups in total. The van der Waals surface area contributed by atoms with Gasteiger partial charge in [-0.1, -0.05) is 28.1 Å². The van der Waals surface area contributed by atoms with Gasteiger partial charge >= 0.3 is 6.18 Å². The van der Waals surface area contributed by atoms with E-state index in [9.17, 15) is 13.2 Å². The molecule has 0 spiro atoms. The minimum Gasteiger partial charge on any atom is -0.324 e. The van der Waals surface area contributed by atoms with Crippen molar-refractivity contribution >= 4 is 15.9 Å². The number of hydrogen-bond donors (Lipinski definition) is 1. The predicted molar refractivity (Wildman–Crippen MR) is 61.1 cm³/mol. The van der Waals surface area contributed by atoms with Gasteiger partial charge in [0.15, 0.2) is 0 Å². The maximum Gasteiger partial charge on any atom is 0.389 e. The van der Waals surface area contributed by atoms with Crippen molar-refractivity contribution in [1.82, 2.24) is 0 Å². The number of hydrogen-bond acceptors (Lipinski definition) is 1. The van der Waals surface area contributed by atoms with Gasteiger partial charge in [-0.2, -0.15) is 13.2 Å². The summed E-state index contributed by atoms with van der Waals surface area (Å²) >= 11 is 3.31. The van der Waals surface area contributed by atoms with Crippen LogP contribution in [0.1, 0.15) is 30.0 Å². The zero-order valence-electron chi connectivity index (χ0n) is 8.81. The van der Waals surface area contributed by atoms with Gasteiger partial charge in [-0.3, -0.25) is 0 Å². The highest BCUT2D eigenvalue weighted by atomic mass is 79.9.